The minimum Gasteiger partial charge on any atom is -0.497 e. The van der Waals surface area contributed by atoms with E-state index in [4.69, 9.17) is 14.2 Å². The average molecular weight is 405 g/mol. The van der Waals surface area contributed by atoms with Crippen molar-refractivity contribution < 1.29 is 23.8 Å². The lowest BCUT2D eigenvalue weighted by Gasteiger charge is -2.34. The number of hydrogen-bond acceptors (Lipinski definition) is 5. The number of Topliss-reactive ketones (excluding diaryl/α,β-unsaturated/α-hetero) is 1. The molecule has 0 aliphatic carbocycles. The molecule has 0 unspecified atom stereocenters. The van der Waals surface area contributed by atoms with Crippen LogP contribution >= 0.6 is 15.9 Å². The highest BCUT2D eigenvalue weighted by atomic mass is 79.9. The van der Waals surface area contributed by atoms with Gasteiger partial charge in [0.1, 0.15) is 17.1 Å². The number of esters is 1. The molecule has 5 nitrogen and oxygen atoms in total. The number of ether oxygens (including phenoxy) is 3. The molecule has 0 amide bonds. The summed E-state index contributed by atoms with van der Waals surface area (Å²) in [5.74, 6) is -0.902. The van der Waals surface area contributed by atoms with Crippen molar-refractivity contribution >= 4 is 27.7 Å². The van der Waals surface area contributed by atoms with Crippen LogP contribution in [0.1, 0.15) is 41.5 Å². The Balaban J connectivity index is 2.30. The molecule has 130 valence electrons. The molecule has 1 aliphatic rings. The summed E-state index contributed by atoms with van der Waals surface area (Å²) in [6.45, 7) is 4.70. The Bertz CT molecular complexity index is 868. The van der Waals surface area contributed by atoms with E-state index in [-0.39, 0.29) is 17.1 Å². The van der Waals surface area contributed by atoms with Crippen LogP contribution in [-0.2, 0) is 4.74 Å². The third-order valence-corrected chi connectivity index (χ3v) is 4.51. The maximum Gasteiger partial charge on any atom is 0.345 e. The lowest BCUT2D eigenvalue weighted by Crippen LogP contribution is -2.39. The highest BCUT2D eigenvalue weighted by Crippen LogP contribution is 2.44. The second-order valence-corrected chi connectivity index (χ2v) is 7.02. The number of carbonyl (C=O) groups excluding carboxylic acids is 2. The van der Waals surface area contributed by atoms with Gasteiger partial charge in [-0.15, -0.1) is 0 Å². The number of halogens is 1. The van der Waals surface area contributed by atoms with E-state index in [0.717, 1.165) is 5.56 Å². The molecule has 0 bridgehead atoms. The first-order valence-electron chi connectivity index (χ1n) is 7.67. The summed E-state index contributed by atoms with van der Waals surface area (Å²) in [6.07, 6.45) is 0. The molecule has 0 saturated carbocycles. The summed E-state index contributed by atoms with van der Waals surface area (Å²) in [5, 5.41) is 0. The molecule has 0 aromatic heterocycles. The van der Waals surface area contributed by atoms with E-state index in [1.54, 1.807) is 39.2 Å². The number of cyclic esters (lactones) is 1. The van der Waals surface area contributed by atoms with Gasteiger partial charge in [0.05, 0.1) is 12.7 Å². The molecule has 0 spiro atoms. The lowest BCUT2D eigenvalue weighted by molar-refractivity contribution is -0.127. The molecule has 0 N–H and O–H groups in total. The first-order valence-corrected chi connectivity index (χ1v) is 8.47. The quantitative estimate of drug-likeness (QED) is 0.551. The number of rotatable bonds is 3. The molecule has 3 rings (SSSR count). The molecule has 1 heterocycles. The van der Waals surface area contributed by atoms with E-state index in [9.17, 15) is 9.59 Å². The van der Waals surface area contributed by atoms with Gasteiger partial charge in [0, 0.05) is 23.9 Å². The second-order valence-electron chi connectivity index (χ2n) is 6.16. The Morgan fingerprint density at radius 3 is 2.32 bits per heavy atom. The van der Waals surface area contributed by atoms with Gasteiger partial charge in [0.25, 0.3) is 0 Å². The zero-order valence-electron chi connectivity index (χ0n) is 14.3. The van der Waals surface area contributed by atoms with Crippen LogP contribution in [0.15, 0.2) is 34.8 Å². The molecule has 25 heavy (non-hydrogen) atoms. The third-order valence-electron chi connectivity index (χ3n) is 3.88. The van der Waals surface area contributed by atoms with Gasteiger partial charge in [0.2, 0.25) is 5.79 Å². The van der Waals surface area contributed by atoms with Crippen molar-refractivity contribution in [3.63, 3.8) is 0 Å². The van der Waals surface area contributed by atoms with E-state index in [1.807, 2.05) is 12.1 Å². The highest BCUT2D eigenvalue weighted by Gasteiger charge is 2.39. The van der Waals surface area contributed by atoms with Crippen LogP contribution in [0.4, 0.5) is 0 Å². The number of methoxy groups -OCH3 is 1. The van der Waals surface area contributed by atoms with Crippen LogP contribution in [-0.4, -0.2) is 24.6 Å². The maximum absolute atomic E-state index is 12.7. The Hall–Kier alpha value is -2.34. The van der Waals surface area contributed by atoms with Crippen LogP contribution in [0.25, 0.3) is 11.1 Å². The molecule has 6 heteroatoms. The van der Waals surface area contributed by atoms with E-state index in [0.29, 0.717) is 21.3 Å². The third kappa shape index (κ3) is 3.14. The first kappa shape index (κ1) is 17.5. The zero-order chi connectivity index (χ0) is 18.4. The Morgan fingerprint density at radius 2 is 1.76 bits per heavy atom. The normalized spacial score (nSPS) is 15.0. The van der Waals surface area contributed by atoms with Crippen LogP contribution in [0.5, 0.6) is 11.5 Å². The molecule has 2 aromatic rings. The van der Waals surface area contributed by atoms with Gasteiger partial charge < -0.3 is 14.2 Å². The van der Waals surface area contributed by atoms with Crippen molar-refractivity contribution in [1.29, 1.82) is 0 Å². The van der Waals surface area contributed by atoms with Crippen LogP contribution in [0.3, 0.4) is 0 Å². The van der Waals surface area contributed by atoms with E-state index in [2.05, 4.69) is 15.9 Å². The smallest absolute Gasteiger partial charge is 0.345 e. The van der Waals surface area contributed by atoms with Crippen molar-refractivity contribution in [2.75, 3.05) is 7.11 Å². The van der Waals surface area contributed by atoms with Crippen molar-refractivity contribution in [1.82, 2.24) is 0 Å². The zero-order valence-corrected chi connectivity index (χ0v) is 15.9. The minimum atomic E-state index is -1.14. The van der Waals surface area contributed by atoms with Crippen molar-refractivity contribution in [2.24, 2.45) is 0 Å². The molecule has 2 aromatic carbocycles. The fraction of sp³-hybridized carbons (Fsp3) is 0.263. The molecule has 0 saturated heterocycles. The monoisotopic (exact) mass is 404 g/mol. The Kier molecular flexibility index (Phi) is 4.33. The predicted octanol–water partition coefficient (Wildman–Crippen LogP) is 4.61. The standard InChI is InChI=1S/C19H17BrO5/c1-10(21)13-9-14(20)15(11-5-7-12(23-4)8-6-11)16-17(13)24-19(2,3)25-18(16)22/h5-9H,1-4H3. The second kappa shape index (κ2) is 6.19. The van der Waals surface area contributed by atoms with E-state index < -0.39 is 11.8 Å². The van der Waals surface area contributed by atoms with Crippen molar-refractivity contribution in [3.8, 4) is 22.6 Å². The highest BCUT2D eigenvalue weighted by molar-refractivity contribution is 9.10. The van der Waals surface area contributed by atoms with Crippen LogP contribution in [0, 0.1) is 0 Å². The van der Waals surface area contributed by atoms with Gasteiger partial charge in [-0.3, -0.25) is 4.79 Å². The lowest BCUT2D eigenvalue weighted by atomic mass is 9.94. The first-order chi connectivity index (χ1) is 11.7. The number of benzene rings is 2. The summed E-state index contributed by atoms with van der Waals surface area (Å²) >= 11 is 3.48. The fourth-order valence-electron chi connectivity index (χ4n) is 2.78. The Morgan fingerprint density at radius 1 is 1.12 bits per heavy atom. The predicted molar refractivity (Wildman–Crippen MR) is 96.3 cm³/mol. The van der Waals surface area contributed by atoms with Crippen LogP contribution < -0.4 is 9.47 Å². The largest absolute Gasteiger partial charge is 0.497 e. The summed E-state index contributed by atoms with van der Waals surface area (Å²) in [4.78, 5) is 24.7. The van der Waals surface area contributed by atoms with Gasteiger partial charge in [-0.25, -0.2) is 4.79 Å². The molecule has 0 radical (unpaired) electrons. The number of carbonyl (C=O) groups is 2. The van der Waals surface area contributed by atoms with Gasteiger partial charge in [0.15, 0.2) is 5.78 Å². The van der Waals surface area contributed by atoms with Gasteiger partial charge in [-0.05, 0) is 30.7 Å². The minimum absolute atomic E-state index is 0.191. The number of ketones is 1. The maximum atomic E-state index is 12.7. The van der Waals surface area contributed by atoms with E-state index in [1.165, 1.54) is 6.92 Å². The molecule has 0 fully saturated rings. The fourth-order valence-corrected chi connectivity index (χ4v) is 3.43. The molecule has 0 atom stereocenters. The average Bonchev–Trinajstić information content (AvgIpc) is 2.54. The topological polar surface area (TPSA) is 61.8 Å². The van der Waals surface area contributed by atoms with E-state index >= 15 is 0 Å². The van der Waals surface area contributed by atoms with Gasteiger partial charge in [-0.1, -0.05) is 28.1 Å². The molecular formula is C19H17BrO5. The Labute approximate surface area is 154 Å². The molecule has 1 aliphatic heterocycles. The summed E-state index contributed by atoms with van der Waals surface area (Å²) in [7, 11) is 1.59. The van der Waals surface area contributed by atoms with Crippen LogP contribution in [0.2, 0.25) is 0 Å². The number of hydrogen-bond donors (Lipinski definition) is 0. The SMILES string of the molecule is COc1ccc(-c2c(Br)cc(C(C)=O)c3c2C(=O)OC(C)(C)O3)cc1. The van der Waals surface area contributed by atoms with Gasteiger partial charge >= 0.3 is 5.97 Å². The summed E-state index contributed by atoms with van der Waals surface area (Å²) < 4.78 is 17.0. The molecular weight excluding hydrogens is 388 g/mol. The van der Waals surface area contributed by atoms with Gasteiger partial charge in [-0.2, -0.15) is 0 Å². The summed E-state index contributed by atoms with van der Waals surface area (Å²) in [6, 6.07) is 8.94. The van der Waals surface area contributed by atoms with Crippen molar-refractivity contribution in [2.45, 2.75) is 26.6 Å². The van der Waals surface area contributed by atoms with Crippen molar-refractivity contribution in [3.05, 3.63) is 45.9 Å². The number of fused-ring (bicyclic) bond motifs is 1. The summed E-state index contributed by atoms with van der Waals surface area (Å²) in [5.41, 5.74) is 1.97.